The van der Waals surface area contributed by atoms with Crippen LogP contribution in [0.25, 0.3) is 0 Å². The maximum Gasteiger partial charge on any atom is 0.326 e. The van der Waals surface area contributed by atoms with Crippen molar-refractivity contribution in [1.82, 2.24) is 4.90 Å². The van der Waals surface area contributed by atoms with E-state index in [2.05, 4.69) is 0 Å². The highest BCUT2D eigenvalue weighted by molar-refractivity contribution is 5.87. The van der Waals surface area contributed by atoms with Crippen LogP contribution in [-0.4, -0.2) is 41.6 Å². The van der Waals surface area contributed by atoms with E-state index in [1.54, 1.807) is 0 Å². The van der Waals surface area contributed by atoms with E-state index >= 15 is 0 Å². The van der Waals surface area contributed by atoms with Crippen LogP contribution in [0.3, 0.4) is 0 Å². The first-order chi connectivity index (χ1) is 9.65. The number of hydrogen-bond acceptors (Lipinski definition) is 3. The van der Waals surface area contributed by atoms with Crippen LogP contribution in [0.5, 0.6) is 0 Å². The number of carbonyl (C=O) groups is 2. The summed E-state index contributed by atoms with van der Waals surface area (Å²) in [6.07, 6.45) is 1.44. The second-order valence-corrected chi connectivity index (χ2v) is 4.91. The molecule has 0 spiro atoms. The molecule has 0 saturated carbocycles. The number of carboxylic acid groups (broad SMARTS) is 1. The van der Waals surface area contributed by atoms with Crippen molar-refractivity contribution in [2.75, 3.05) is 13.7 Å². The average molecular weight is 277 g/mol. The molecular formula is C15H19NO4. The Morgan fingerprint density at radius 3 is 2.60 bits per heavy atom. The molecule has 2 atom stereocenters. The highest BCUT2D eigenvalue weighted by Crippen LogP contribution is 2.25. The number of likely N-dealkylation sites (tertiary alicyclic amines) is 1. The Labute approximate surface area is 118 Å². The zero-order valence-electron chi connectivity index (χ0n) is 11.5. The van der Waals surface area contributed by atoms with Gasteiger partial charge in [-0.1, -0.05) is 30.3 Å². The molecule has 1 amide bonds. The Morgan fingerprint density at radius 1 is 1.30 bits per heavy atom. The molecule has 2 rings (SSSR count). The van der Waals surface area contributed by atoms with Crippen LogP contribution in [0.2, 0.25) is 0 Å². The molecule has 0 aliphatic carbocycles. The first-order valence-electron chi connectivity index (χ1n) is 6.76. The highest BCUT2D eigenvalue weighted by Gasteiger charge is 2.35. The van der Waals surface area contributed by atoms with Gasteiger partial charge in [0, 0.05) is 13.7 Å². The molecule has 5 heteroatoms. The zero-order valence-corrected chi connectivity index (χ0v) is 11.5. The van der Waals surface area contributed by atoms with Gasteiger partial charge in [-0.3, -0.25) is 4.79 Å². The van der Waals surface area contributed by atoms with Gasteiger partial charge in [-0.25, -0.2) is 4.79 Å². The molecule has 1 aliphatic heterocycles. The number of methoxy groups -OCH3 is 1. The summed E-state index contributed by atoms with van der Waals surface area (Å²) in [6, 6.07) is 8.41. The summed E-state index contributed by atoms with van der Waals surface area (Å²) in [7, 11) is 1.47. The van der Waals surface area contributed by atoms with Crippen molar-refractivity contribution in [3.05, 3.63) is 35.9 Å². The number of aliphatic carboxylic acids is 1. The molecule has 0 bridgehead atoms. The number of nitrogens with zero attached hydrogens (tertiary/aromatic N) is 1. The smallest absolute Gasteiger partial charge is 0.326 e. The van der Waals surface area contributed by atoms with Crippen LogP contribution >= 0.6 is 0 Å². The number of ether oxygens (including phenoxy) is 1. The number of piperidine rings is 1. The van der Waals surface area contributed by atoms with Gasteiger partial charge in [0.2, 0.25) is 0 Å². The quantitative estimate of drug-likeness (QED) is 0.912. The molecule has 1 saturated heterocycles. The van der Waals surface area contributed by atoms with Gasteiger partial charge >= 0.3 is 5.97 Å². The lowest BCUT2D eigenvalue weighted by Gasteiger charge is -2.35. The predicted octanol–water partition coefficient (Wildman–Crippen LogP) is 1.84. The van der Waals surface area contributed by atoms with E-state index in [-0.39, 0.29) is 5.91 Å². The Balaban J connectivity index is 2.21. The third-order valence-electron chi connectivity index (χ3n) is 3.63. The van der Waals surface area contributed by atoms with Gasteiger partial charge in [0.25, 0.3) is 5.91 Å². The van der Waals surface area contributed by atoms with Crippen LogP contribution in [0.4, 0.5) is 0 Å². The standard InChI is InChI=1S/C15H19NO4/c1-20-13(11-7-3-2-4-8-11)14(17)16-10-6-5-9-12(16)15(18)19/h2-4,7-8,12-13H,5-6,9-10H2,1H3,(H,18,19)/t12-,13?/m0/s1. The maximum atomic E-state index is 12.6. The third kappa shape index (κ3) is 2.99. The van der Waals surface area contributed by atoms with Crippen LogP contribution in [-0.2, 0) is 14.3 Å². The van der Waals surface area contributed by atoms with E-state index in [1.807, 2.05) is 30.3 Å². The van der Waals surface area contributed by atoms with Crippen molar-refractivity contribution < 1.29 is 19.4 Å². The normalized spacial score (nSPS) is 20.4. The van der Waals surface area contributed by atoms with Crippen molar-refractivity contribution in [3.8, 4) is 0 Å². The molecule has 20 heavy (non-hydrogen) atoms. The van der Waals surface area contributed by atoms with Crippen LogP contribution < -0.4 is 0 Å². The summed E-state index contributed by atoms with van der Waals surface area (Å²) in [4.78, 5) is 25.3. The van der Waals surface area contributed by atoms with E-state index in [9.17, 15) is 14.7 Å². The minimum absolute atomic E-state index is 0.272. The number of carboxylic acids is 1. The summed E-state index contributed by atoms with van der Waals surface area (Å²) < 4.78 is 5.30. The maximum absolute atomic E-state index is 12.6. The van der Waals surface area contributed by atoms with E-state index in [0.29, 0.717) is 13.0 Å². The molecule has 0 radical (unpaired) electrons. The van der Waals surface area contributed by atoms with E-state index < -0.39 is 18.1 Å². The van der Waals surface area contributed by atoms with Crippen LogP contribution in [0, 0.1) is 0 Å². The number of amides is 1. The lowest BCUT2D eigenvalue weighted by atomic mass is 10.00. The fourth-order valence-corrected chi connectivity index (χ4v) is 2.61. The first kappa shape index (κ1) is 14.5. The molecule has 1 fully saturated rings. The van der Waals surface area contributed by atoms with Crippen molar-refractivity contribution >= 4 is 11.9 Å². The monoisotopic (exact) mass is 277 g/mol. The number of carbonyl (C=O) groups excluding carboxylic acids is 1. The Morgan fingerprint density at radius 2 is 2.00 bits per heavy atom. The molecule has 1 aromatic rings. The lowest BCUT2D eigenvalue weighted by molar-refractivity contribution is -0.157. The Hall–Kier alpha value is -1.88. The van der Waals surface area contributed by atoms with Crippen molar-refractivity contribution in [1.29, 1.82) is 0 Å². The molecular weight excluding hydrogens is 258 g/mol. The van der Waals surface area contributed by atoms with Crippen molar-refractivity contribution in [2.45, 2.75) is 31.4 Å². The molecule has 1 aromatic carbocycles. The Kier molecular flexibility index (Phi) is 4.74. The zero-order chi connectivity index (χ0) is 14.5. The predicted molar refractivity (Wildman–Crippen MR) is 73.2 cm³/mol. The molecule has 1 aliphatic rings. The summed E-state index contributed by atoms with van der Waals surface area (Å²) in [5.74, 6) is -1.22. The minimum Gasteiger partial charge on any atom is -0.480 e. The van der Waals surface area contributed by atoms with E-state index in [4.69, 9.17) is 4.74 Å². The molecule has 1 heterocycles. The summed E-state index contributed by atoms with van der Waals surface area (Å²) in [5, 5.41) is 9.25. The number of benzene rings is 1. The SMILES string of the molecule is COC(C(=O)N1CCCC[C@H]1C(=O)O)c1ccccc1. The molecule has 5 nitrogen and oxygen atoms in total. The van der Waals surface area contributed by atoms with Crippen LogP contribution in [0.15, 0.2) is 30.3 Å². The first-order valence-corrected chi connectivity index (χ1v) is 6.76. The molecule has 1 N–H and O–H groups in total. The summed E-state index contributed by atoms with van der Waals surface area (Å²) >= 11 is 0. The summed E-state index contributed by atoms with van der Waals surface area (Å²) in [5.41, 5.74) is 0.745. The van der Waals surface area contributed by atoms with Gasteiger partial charge in [0.15, 0.2) is 6.10 Å². The highest BCUT2D eigenvalue weighted by atomic mass is 16.5. The van der Waals surface area contributed by atoms with Gasteiger partial charge in [0.05, 0.1) is 0 Å². The fraction of sp³-hybridized carbons (Fsp3) is 0.467. The minimum atomic E-state index is -0.944. The van der Waals surface area contributed by atoms with Gasteiger partial charge < -0.3 is 14.7 Å². The average Bonchev–Trinajstić information content (AvgIpc) is 2.49. The fourth-order valence-electron chi connectivity index (χ4n) is 2.61. The topological polar surface area (TPSA) is 66.8 Å². The molecule has 1 unspecified atom stereocenters. The van der Waals surface area contributed by atoms with Gasteiger partial charge in [-0.2, -0.15) is 0 Å². The van der Waals surface area contributed by atoms with Gasteiger partial charge in [-0.15, -0.1) is 0 Å². The molecule has 108 valence electrons. The third-order valence-corrected chi connectivity index (χ3v) is 3.63. The lowest BCUT2D eigenvalue weighted by Crippen LogP contribution is -2.49. The van der Waals surface area contributed by atoms with Crippen molar-refractivity contribution in [3.63, 3.8) is 0 Å². The Bertz CT molecular complexity index is 474. The van der Waals surface area contributed by atoms with E-state index in [0.717, 1.165) is 18.4 Å². The molecule has 0 aromatic heterocycles. The second kappa shape index (κ2) is 6.52. The van der Waals surface area contributed by atoms with Gasteiger partial charge in [-0.05, 0) is 24.8 Å². The van der Waals surface area contributed by atoms with E-state index in [1.165, 1.54) is 12.0 Å². The van der Waals surface area contributed by atoms with Gasteiger partial charge in [0.1, 0.15) is 6.04 Å². The van der Waals surface area contributed by atoms with Crippen molar-refractivity contribution in [2.24, 2.45) is 0 Å². The van der Waals surface area contributed by atoms with Crippen LogP contribution in [0.1, 0.15) is 30.9 Å². The number of hydrogen-bond donors (Lipinski definition) is 1. The second-order valence-electron chi connectivity index (χ2n) is 4.91. The largest absolute Gasteiger partial charge is 0.480 e. The summed E-state index contributed by atoms with van der Waals surface area (Å²) in [6.45, 7) is 0.475. The number of rotatable bonds is 4.